The summed E-state index contributed by atoms with van der Waals surface area (Å²) < 4.78 is 1.31. The molecule has 0 saturated carbocycles. The molecule has 2 aromatic rings. The van der Waals surface area contributed by atoms with Gasteiger partial charge in [-0.25, -0.2) is 4.68 Å². The van der Waals surface area contributed by atoms with Crippen LogP contribution in [-0.2, 0) is 0 Å². The maximum atomic E-state index is 10.8. The van der Waals surface area contributed by atoms with Crippen LogP contribution in [0.2, 0.25) is 0 Å². The van der Waals surface area contributed by atoms with Crippen molar-refractivity contribution < 1.29 is 9.72 Å². The lowest BCUT2D eigenvalue weighted by Crippen LogP contribution is -2.00. The van der Waals surface area contributed by atoms with Crippen LogP contribution in [0.5, 0.6) is 0 Å². The molecule has 0 amide bonds. The Labute approximate surface area is 90.3 Å². The third-order valence-corrected chi connectivity index (χ3v) is 2.06. The monoisotopic (exact) mass is 217 g/mol. The zero-order chi connectivity index (χ0) is 11.5. The number of carbonyl (C=O) groups excluding carboxylic acids is 1. The molecule has 0 fully saturated rings. The number of benzene rings is 1. The largest absolute Gasteiger partial charge is 0.296 e. The molecule has 1 aromatic carbocycles. The van der Waals surface area contributed by atoms with Gasteiger partial charge in [0.2, 0.25) is 0 Å². The van der Waals surface area contributed by atoms with E-state index in [1.165, 1.54) is 23.0 Å². The van der Waals surface area contributed by atoms with Gasteiger partial charge < -0.3 is 0 Å². The second-order valence-electron chi connectivity index (χ2n) is 3.05. The first-order chi connectivity index (χ1) is 7.72. The first kappa shape index (κ1) is 10.0. The van der Waals surface area contributed by atoms with E-state index < -0.39 is 4.92 Å². The van der Waals surface area contributed by atoms with Crippen molar-refractivity contribution in [2.75, 3.05) is 0 Å². The van der Waals surface area contributed by atoms with Gasteiger partial charge >= 0.3 is 0 Å². The minimum atomic E-state index is -0.488. The van der Waals surface area contributed by atoms with Gasteiger partial charge in [0, 0.05) is 12.3 Å². The van der Waals surface area contributed by atoms with Gasteiger partial charge in [-0.2, -0.15) is 5.10 Å². The minimum absolute atomic E-state index is 0.0527. The molecule has 0 radical (unpaired) electrons. The topological polar surface area (TPSA) is 78.0 Å². The zero-order valence-electron chi connectivity index (χ0n) is 8.11. The lowest BCUT2D eigenvalue weighted by Gasteiger charge is -2.01. The number of nitro groups is 1. The third kappa shape index (κ3) is 1.68. The summed E-state index contributed by atoms with van der Waals surface area (Å²) in [5.41, 5.74) is 0.516. The molecule has 0 N–H and O–H groups in total. The van der Waals surface area contributed by atoms with Crippen molar-refractivity contribution in [3.63, 3.8) is 0 Å². The average Bonchev–Trinajstić information content (AvgIpc) is 2.77. The summed E-state index contributed by atoms with van der Waals surface area (Å²) in [6.45, 7) is 0. The van der Waals surface area contributed by atoms with Crippen LogP contribution in [-0.4, -0.2) is 21.0 Å². The van der Waals surface area contributed by atoms with E-state index in [0.717, 1.165) is 0 Å². The number of hydrogen-bond acceptors (Lipinski definition) is 4. The molecule has 6 nitrogen and oxygen atoms in total. The van der Waals surface area contributed by atoms with Crippen molar-refractivity contribution in [2.45, 2.75) is 0 Å². The SMILES string of the molecule is O=Cc1ccn(-c2ccccc2[N+](=O)[O-])n1. The summed E-state index contributed by atoms with van der Waals surface area (Å²) >= 11 is 0. The molecule has 1 aromatic heterocycles. The zero-order valence-corrected chi connectivity index (χ0v) is 8.11. The van der Waals surface area contributed by atoms with Crippen LogP contribution in [0.25, 0.3) is 5.69 Å². The molecule has 0 aliphatic carbocycles. The van der Waals surface area contributed by atoms with Gasteiger partial charge in [-0.15, -0.1) is 0 Å². The van der Waals surface area contributed by atoms with E-state index in [-0.39, 0.29) is 11.4 Å². The van der Waals surface area contributed by atoms with Crippen LogP contribution in [0.3, 0.4) is 0 Å². The molecule has 0 aliphatic heterocycles. The Kier molecular flexibility index (Phi) is 2.47. The molecule has 0 spiro atoms. The van der Waals surface area contributed by atoms with Gasteiger partial charge in [-0.3, -0.25) is 14.9 Å². The third-order valence-electron chi connectivity index (χ3n) is 2.06. The van der Waals surface area contributed by atoms with Crippen LogP contribution in [0, 0.1) is 10.1 Å². The highest BCUT2D eigenvalue weighted by Crippen LogP contribution is 2.21. The van der Waals surface area contributed by atoms with Gasteiger partial charge in [-0.05, 0) is 12.1 Å². The first-order valence-electron chi connectivity index (χ1n) is 4.47. The lowest BCUT2D eigenvalue weighted by molar-refractivity contribution is -0.384. The van der Waals surface area contributed by atoms with Crippen molar-refractivity contribution in [3.8, 4) is 5.69 Å². The van der Waals surface area contributed by atoms with Gasteiger partial charge in [0.1, 0.15) is 11.4 Å². The maximum absolute atomic E-state index is 10.8. The van der Waals surface area contributed by atoms with Crippen molar-refractivity contribution in [1.29, 1.82) is 0 Å². The van der Waals surface area contributed by atoms with Gasteiger partial charge in [0.05, 0.1) is 4.92 Å². The number of rotatable bonds is 3. The second-order valence-corrected chi connectivity index (χ2v) is 3.05. The highest BCUT2D eigenvalue weighted by molar-refractivity contribution is 5.71. The number of aromatic nitrogens is 2. The number of nitrogens with zero attached hydrogens (tertiary/aromatic N) is 3. The molecule has 1 heterocycles. The summed E-state index contributed by atoms with van der Waals surface area (Å²) in [7, 11) is 0. The Balaban J connectivity index is 2.54. The Hall–Kier alpha value is -2.50. The molecule has 2 rings (SSSR count). The predicted octanol–water partition coefficient (Wildman–Crippen LogP) is 1.59. The van der Waals surface area contributed by atoms with Crippen molar-refractivity contribution in [3.05, 3.63) is 52.3 Å². The maximum Gasteiger partial charge on any atom is 0.294 e. The van der Waals surface area contributed by atoms with Gasteiger partial charge in [-0.1, -0.05) is 12.1 Å². The summed E-state index contributed by atoms with van der Waals surface area (Å²) in [5, 5.41) is 14.7. The fourth-order valence-electron chi connectivity index (χ4n) is 1.35. The van der Waals surface area contributed by atoms with Crippen LogP contribution >= 0.6 is 0 Å². The summed E-state index contributed by atoms with van der Waals surface area (Å²) in [5.74, 6) is 0. The second kappa shape index (κ2) is 3.93. The van der Waals surface area contributed by atoms with E-state index in [1.54, 1.807) is 18.2 Å². The standard InChI is InChI=1S/C10H7N3O3/c14-7-8-5-6-12(11-8)9-3-1-2-4-10(9)13(15)16/h1-7H. The van der Waals surface area contributed by atoms with Crippen LogP contribution < -0.4 is 0 Å². The van der Waals surface area contributed by atoms with E-state index in [0.29, 0.717) is 12.0 Å². The summed E-state index contributed by atoms with van der Waals surface area (Å²) in [6, 6.07) is 7.69. The lowest BCUT2D eigenvalue weighted by atomic mass is 10.3. The summed E-state index contributed by atoms with van der Waals surface area (Å²) in [6.07, 6.45) is 2.09. The van der Waals surface area contributed by atoms with Crippen molar-refractivity contribution in [1.82, 2.24) is 9.78 Å². The molecular formula is C10H7N3O3. The molecule has 0 bridgehead atoms. The fourth-order valence-corrected chi connectivity index (χ4v) is 1.35. The minimum Gasteiger partial charge on any atom is -0.296 e. The van der Waals surface area contributed by atoms with E-state index in [2.05, 4.69) is 5.10 Å². The molecule has 16 heavy (non-hydrogen) atoms. The summed E-state index contributed by atoms with van der Waals surface area (Å²) in [4.78, 5) is 20.7. The Bertz CT molecular complexity index is 548. The quantitative estimate of drug-likeness (QED) is 0.444. The number of nitro benzene ring substituents is 1. The highest BCUT2D eigenvalue weighted by atomic mass is 16.6. The first-order valence-corrected chi connectivity index (χ1v) is 4.47. The fraction of sp³-hybridized carbons (Fsp3) is 0. The average molecular weight is 217 g/mol. The molecule has 0 unspecified atom stereocenters. The van der Waals surface area contributed by atoms with Gasteiger partial charge in [0.15, 0.2) is 6.29 Å². The molecule has 0 atom stereocenters. The Morgan fingerprint density at radius 3 is 2.69 bits per heavy atom. The van der Waals surface area contributed by atoms with E-state index in [4.69, 9.17) is 0 Å². The van der Waals surface area contributed by atoms with Crippen LogP contribution in [0.1, 0.15) is 10.5 Å². The van der Waals surface area contributed by atoms with E-state index in [9.17, 15) is 14.9 Å². The van der Waals surface area contributed by atoms with Crippen LogP contribution in [0.15, 0.2) is 36.5 Å². The normalized spacial score (nSPS) is 10.0. The molecule has 6 heteroatoms. The molecular weight excluding hydrogens is 210 g/mol. The van der Waals surface area contributed by atoms with Gasteiger partial charge in [0.25, 0.3) is 5.69 Å². The van der Waals surface area contributed by atoms with E-state index in [1.807, 2.05) is 0 Å². The Morgan fingerprint density at radius 1 is 1.31 bits per heavy atom. The number of aldehydes is 1. The van der Waals surface area contributed by atoms with Crippen LogP contribution in [0.4, 0.5) is 5.69 Å². The smallest absolute Gasteiger partial charge is 0.294 e. The van der Waals surface area contributed by atoms with E-state index >= 15 is 0 Å². The number of carbonyl (C=O) groups is 1. The predicted molar refractivity (Wildman–Crippen MR) is 55.6 cm³/mol. The molecule has 0 aliphatic rings. The van der Waals surface area contributed by atoms with Crippen molar-refractivity contribution >= 4 is 12.0 Å². The molecule has 0 saturated heterocycles. The highest BCUT2D eigenvalue weighted by Gasteiger charge is 2.14. The molecule has 80 valence electrons. The number of para-hydroxylation sites is 2. The number of hydrogen-bond donors (Lipinski definition) is 0. The van der Waals surface area contributed by atoms with Crippen molar-refractivity contribution in [2.24, 2.45) is 0 Å². The Morgan fingerprint density at radius 2 is 2.06 bits per heavy atom.